The van der Waals surface area contributed by atoms with Crippen LogP contribution < -0.4 is 10.6 Å². The lowest BCUT2D eigenvalue weighted by Gasteiger charge is -2.19. The van der Waals surface area contributed by atoms with Crippen LogP contribution in [0.2, 0.25) is 0 Å². The van der Waals surface area contributed by atoms with E-state index in [1.807, 2.05) is 0 Å². The highest BCUT2D eigenvalue weighted by molar-refractivity contribution is 6.41. The fraction of sp³-hybridized carbons (Fsp3) is 0.188. The van der Waals surface area contributed by atoms with Crippen LogP contribution in [0.15, 0.2) is 48.8 Å². The summed E-state index contributed by atoms with van der Waals surface area (Å²) in [5, 5.41) is 22.5. The molecule has 9 heteroatoms. The van der Waals surface area contributed by atoms with Gasteiger partial charge in [0, 0.05) is 18.0 Å². The highest BCUT2D eigenvalue weighted by Crippen LogP contribution is 2.20. The maximum Gasteiger partial charge on any atom is 0.472 e. The predicted octanol–water partition coefficient (Wildman–Crippen LogP) is 0.210. The third-order valence-corrected chi connectivity index (χ3v) is 3.38. The van der Waals surface area contributed by atoms with Crippen LogP contribution in [0.4, 0.5) is 4.39 Å². The summed E-state index contributed by atoms with van der Waals surface area (Å²) in [4.78, 5) is 28.1. The van der Waals surface area contributed by atoms with Crippen LogP contribution in [0.5, 0.6) is 0 Å². The Morgan fingerprint density at radius 3 is 2.60 bits per heavy atom. The van der Waals surface area contributed by atoms with Crippen LogP contribution in [0.1, 0.15) is 28.4 Å². The molecule has 1 unspecified atom stereocenters. The molecule has 7 nitrogen and oxygen atoms in total. The smallest absolute Gasteiger partial charge is 0.426 e. The number of hydrogen-bond donors (Lipinski definition) is 4. The Balaban J connectivity index is 2.16. The van der Waals surface area contributed by atoms with Crippen molar-refractivity contribution in [3.8, 4) is 0 Å². The van der Waals surface area contributed by atoms with Gasteiger partial charge < -0.3 is 20.7 Å². The molecule has 0 saturated heterocycles. The number of nitrogens with zero attached hydrogens (tertiary/aromatic N) is 1. The topological polar surface area (TPSA) is 112 Å². The fourth-order valence-corrected chi connectivity index (χ4v) is 2.20. The average Bonchev–Trinajstić information content (AvgIpc) is 2.60. The summed E-state index contributed by atoms with van der Waals surface area (Å²) in [6, 6.07) is 8.00. The van der Waals surface area contributed by atoms with Crippen molar-refractivity contribution >= 4 is 18.9 Å². The van der Waals surface area contributed by atoms with Crippen molar-refractivity contribution in [2.45, 2.75) is 12.5 Å². The SMILES string of the molecule is O=C(CC(NC(=O)c1cccnc1)c1ccccc1F)NCB(O)O. The Morgan fingerprint density at radius 1 is 1.20 bits per heavy atom. The van der Waals surface area contributed by atoms with Crippen molar-refractivity contribution in [1.29, 1.82) is 0 Å². The molecule has 2 rings (SSSR count). The van der Waals surface area contributed by atoms with Gasteiger partial charge in [0.2, 0.25) is 5.91 Å². The number of rotatable bonds is 7. The molecule has 1 atom stereocenters. The van der Waals surface area contributed by atoms with Gasteiger partial charge >= 0.3 is 7.12 Å². The lowest BCUT2D eigenvalue weighted by atomic mass is 9.92. The highest BCUT2D eigenvalue weighted by atomic mass is 19.1. The monoisotopic (exact) mass is 345 g/mol. The molecular weight excluding hydrogens is 328 g/mol. The molecule has 0 aliphatic rings. The standard InChI is InChI=1S/C16H17BFN3O4/c18-13-6-2-1-5-12(13)14(8-15(22)20-10-17(24)25)21-16(23)11-4-3-7-19-9-11/h1-7,9,14,24-25H,8,10H2,(H,20,22)(H,21,23). The van der Waals surface area contributed by atoms with E-state index in [2.05, 4.69) is 15.6 Å². The van der Waals surface area contributed by atoms with Gasteiger partial charge in [0.1, 0.15) is 5.82 Å². The number of pyridine rings is 1. The number of nitrogens with one attached hydrogen (secondary N) is 2. The van der Waals surface area contributed by atoms with Gasteiger partial charge in [-0.15, -0.1) is 0 Å². The van der Waals surface area contributed by atoms with E-state index >= 15 is 0 Å². The Morgan fingerprint density at radius 2 is 1.96 bits per heavy atom. The Kier molecular flexibility index (Phi) is 6.61. The van der Waals surface area contributed by atoms with Crippen molar-refractivity contribution in [1.82, 2.24) is 15.6 Å². The van der Waals surface area contributed by atoms with Crippen LogP contribution in [-0.4, -0.2) is 40.4 Å². The first-order valence-electron chi connectivity index (χ1n) is 7.55. The third kappa shape index (κ3) is 5.66. The van der Waals surface area contributed by atoms with Crippen LogP contribution >= 0.6 is 0 Å². The minimum atomic E-state index is -1.69. The quantitative estimate of drug-likeness (QED) is 0.536. The van der Waals surface area contributed by atoms with Crippen molar-refractivity contribution in [3.63, 3.8) is 0 Å². The zero-order valence-corrected chi connectivity index (χ0v) is 13.2. The Bertz CT molecular complexity index is 730. The summed E-state index contributed by atoms with van der Waals surface area (Å²) in [6.07, 6.45) is 2.24. The summed E-state index contributed by atoms with van der Waals surface area (Å²) >= 11 is 0. The maximum absolute atomic E-state index is 14.1. The summed E-state index contributed by atoms with van der Waals surface area (Å²) in [7, 11) is -1.69. The van der Waals surface area contributed by atoms with E-state index in [0.717, 1.165) is 0 Å². The van der Waals surface area contributed by atoms with E-state index in [-0.39, 0.29) is 24.0 Å². The first-order chi connectivity index (χ1) is 12.0. The Hall–Kier alpha value is -2.78. The van der Waals surface area contributed by atoms with Crippen LogP contribution in [0, 0.1) is 5.82 Å². The molecular formula is C16H17BFN3O4. The molecule has 0 spiro atoms. The number of hydrogen-bond acceptors (Lipinski definition) is 5. The second-order valence-electron chi connectivity index (χ2n) is 5.28. The normalized spacial score (nSPS) is 11.5. The molecule has 0 saturated carbocycles. The lowest BCUT2D eigenvalue weighted by molar-refractivity contribution is -0.121. The molecule has 1 heterocycles. The number of carbonyl (C=O) groups is 2. The summed E-state index contributed by atoms with van der Waals surface area (Å²) < 4.78 is 14.1. The molecule has 0 aliphatic heterocycles. The van der Waals surface area contributed by atoms with Crippen molar-refractivity contribution in [2.75, 3.05) is 6.44 Å². The summed E-state index contributed by atoms with van der Waals surface area (Å²) in [5.41, 5.74) is 0.425. The molecule has 1 aromatic heterocycles. The van der Waals surface area contributed by atoms with Gasteiger partial charge in [0.15, 0.2) is 0 Å². The number of aromatic nitrogens is 1. The zero-order chi connectivity index (χ0) is 18.2. The number of halogens is 1. The van der Waals surface area contributed by atoms with Crippen molar-refractivity contribution in [3.05, 3.63) is 65.7 Å². The number of carbonyl (C=O) groups excluding carboxylic acids is 2. The number of benzene rings is 1. The van der Waals surface area contributed by atoms with Gasteiger partial charge in [0.25, 0.3) is 5.91 Å². The molecule has 0 radical (unpaired) electrons. The molecule has 0 fully saturated rings. The van der Waals surface area contributed by atoms with Crippen molar-refractivity contribution < 1.29 is 24.0 Å². The molecule has 0 aliphatic carbocycles. The van der Waals surface area contributed by atoms with Crippen LogP contribution in [-0.2, 0) is 4.79 Å². The zero-order valence-electron chi connectivity index (χ0n) is 13.2. The van der Waals surface area contributed by atoms with E-state index in [1.54, 1.807) is 18.2 Å². The van der Waals surface area contributed by atoms with Gasteiger partial charge in [-0.25, -0.2) is 4.39 Å². The van der Waals surface area contributed by atoms with Gasteiger partial charge in [-0.1, -0.05) is 18.2 Å². The first-order valence-corrected chi connectivity index (χ1v) is 7.55. The summed E-state index contributed by atoms with van der Waals surface area (Å²) in [5.74, 6) is -1.63. The van der Waals surface area contributed by atoms with E-state index in [4.69, 9.17) is 10.0 Å². The van der Waals surface area contributed by atoms with Crippen LogP contribution in [0.25, 0.3) is 0 Å². The molecule has 1 aromatic carbocycles. The van der Waals surface area contributed by atoms with E-state index in [9.17, 15) is 14.0 Å². The average molecular weight is 345 g/mol. The molecule has 25 heavy (non-hydrogen) atoms. The molecule has 0 bridgehead atoms. The summed E-state index contributed by atoms with van der Waals surface area (Å²) in [6.45, 7) is 0. The minimum absolute atomic E-state index is 0.152. The van der Waals surface area contributed by atoms with Crippen molar-refractivity contribution in [2.24, 2.45) is 0 Å². The molecule has 2 amide bonds. The first kappa shape index (κ1) is 18.6. The van der Waals surface area contributed by atoms with E-state index in [1.165, 1.54) is 30.6 Å². The lowest BCUT2D eigenvalue weighted by Crippen LogP contribution is -2.38. The predicted molar refractivity (Wildman–Crippen MR) is 88.7 cm³/mol. The largest absolute Gasteiger partial charge is 0.472 e. The third-order valence-electron chi connectivity index (χ3n) is 3.38. The maximum atomic E-state index is 14.1. The fourth-order valence-electron chi connectivity index (χ4n) is 2.20. The van der Waals surface area contributed by atoms with Gasteiger partial charge in [-0.2, -0.15) is 0 Å². The second-order valence-corrected chi connectivity index (χ2v) is 5.28. The Labute approximate surface area is 144 Å². The van der Waals surface area contributed by atoms with Gasteiger partial charge in [-0.3, -0.25) is 14.6 Å². The van der Waals surface area contributed by atoms with Gasteiger partial charge in [-0.05, 0) is 18.2 Å². The van der Waals surface area contributed by atoms with E-state index < -0.39 is 30.8 Å². The molecule has 130 valence electrons. The van der Waals surface area contributed by atoms with Crippen LogP contribution in [0.3, 0.4) is 0 Å². The van der Waals surface area contributed by atoms with Gasteiger partial charge in [0.05, 0.1) is 24.5 Å². The second kappa shape index (κ2) is 8.90. The molecule has 4 N–H and O–H groups in total. The highest BCUT2D eigenvalue weighted by Gasteiger charge is 2.22. The van der Waals surface area contributed by atoms with E-state index in [0.29, 0.717) is 0 Å². The number of amides is 2. The molecule has 2 aromatic rings. The minimum Gasteiger partial charge on any atom is -0.426 e.